The second-order valence-corrected chi connectivity index (χ2v) is 5.36. The number of hydrogen-bond acceptors (Lipinski definition) is 4. The van der Waals surface area contributed by atoms with Crippen LogP contribution >= 0.6 is 0 Å². The molecule has 110 valence electrons. The van der Waals surface area contributed by atoms with Gasteiger partial charge >= 0.3 is 5.97 Å². The van der Waals surface area contributed by atoms with Crippen LogP contribution in [0.2, 0.25) is 0 Å². The first-order chi connectivity index (χ1) is 10.1. The van der Waals surface area contributed by atoms with Crippen molar-refractivity contribution in [3.05, 3.63) is 35.5 Å². The fraction of sp³-hybridized carbons (Fsp3) is 0.375. The van der Waals surface area contributed by atoms with Crippen molar-refractivity contribution in [2.24, 2.45) is 0 Å². The van der Waals surface area contributed by atoms with E-state index in [1.54, 1.807) is 18.2 Å². The number of carboxylic acid groups (broad SMARTS) is 1. The highest BCUT2D eigenvalue weighted by Gasteiger charge is 2.16. The van der Waals surface area contributed by atoms with Crippen LogP contribution in [0.4, 0.5) is 5.69 Å². The number of carbonyl (C=O) groups is 1. The monoisotopic (exact) mass is 286 g/mol. The molecule has 1 aromatic carbocycles. The molecule has 0 bridgehead atoms. The molecule has 0 aliphatic carbocycles. The number of aryl methyl sites for hydroxylation is 1. The molecule has 0 spiro atoms. The molecule has 21 heavy (non-hydrogen) atoms. The fourth-order valence-corrected chi connectivity index (χ4v) is 2.67. The lowest BCUT2D eigenvalue weighted by molar-refractivity contribution is 0.0697. The molecular weight excluding hydrogens is 268 g/mol. The molecular formula is C16H18N2O3. The van der Waals surface area contributed by atoms with E-state index < -0.39 is 5.97 Å². The van der Waals surface area contributed by atoms with Gasteiger partial charge in [-0.15, -0.1) is 0 Å². The number of hydrogen-bond donors (Lipinski definition) is 2. The Morgan fingerprint density at radius 3 is 3.05 bits per heavy atom. The van der Waals surface area contributed by atoms with Crippen LogP contribution in [0.3, 0.4) is 0 Å². The highest BCUT2D eigenvalue weighted by atomic mass is 16.5. The van der Waals surface area contributed by atoms with Crippen LogP contribution < -0.4 is 5.32 Å². The molecule has 2 N–H and O–H groups in total. The molecule has 1 aliphatic heterocycles. The number of aromatic nitrogens is 1. The van der Waals surface area contributed by atoms with Crippen molar-refractivity contribution in [2.75, 3.05) is 18.5 Å². The minimum absolute atomic E-state index is 0.233. The molecule has 0 amide bonds. The lowest BCUT2D eigenvalue weighted by Crippen LogP contribution is -2.18. The minimum Gasteiger partial charge on any atom is -0.478 e. The number of carboxylic acids is 1. The lowest BCUT2D eigenvalue weighted by atomic mass is 10.1. The Labute approximate surface area is 123 Å². The van der Waals surface area contributed by atoms with E-state index in [1.807, 2.05) is 13.0 Å². The Morgan fingerprint density at radius 2 is 2.33 bits per heavy atom. The topological polar surface area (TPSA) is 71.5 Å². The van der Waals surface area contributed by atoms with Crippen molar-refractivity contribution in [3.63, 3.8) is 0 Å². The normalized spacial score (nSPS) is 18.0. The maximum absolute atomic E-state index is 11.1. The molecule has 2 aromatic rings. The van der Waals surface area contributed by atoms with Crippen molar-refractivity contribution in [2.45, 2.75) is 25.9 Å². The standard InChI is InChI=1S/C16H18N2O3/c1-10-7-15(17-9-12-3-2-6-21-12)13-8-11(16(19)20)4-5-14(13)18-10/h4-5,7-8,12H,2-3,6,9H2,1H3,(H,17,18)(H,19,20). The Balaban J connectivity index is 1.94. The summed E-state index contributed by atoms with van der Waals surface area (Å²) in [6, 6.07) is 6.95. The predicted molar refractivity (Wildman–Crippen MR) is 80.9 cm³/mol. The van der Waals surface area contributed by atoms with Gasteiger partial charge in [0, 0.05) is 29.9 Å². The largest absolute Gasteiger partial charge is 0.478 e. The highest BCUT2D eigenvalue weighted by Crippen LogP contribution is 2.25. The Hall–Kier alpha value is -2.14. The van der Waals surface area contributed by atoms with Gasteiger partial charge in [-0.2, -0.15) is 0 Å². The van der Waals surface area contributed by atoms with Crippen LogP contribution in [0.1, 0.15) is 28.9 Å². The second-order valence-electron chi connectivity index (χ2n) is 5.36. The predicted octanol–water partition coefficient (Wildman–Crippen LogP) is 2.83. The molecule has 1 saturated heterocycles. The maximum Gasteiger partial charge on any atom is 0.335 e. The summed E-state index contributed by atoms with van der Waals surface area (Å²) in [6.45, 7) is 3.49. The van der Waals surface area contributed by atoms with Crippen molar-refractivity contribution < 1.29 is 14.6 Å². The summed E-state index contributed by atoms with van der Waals surface area (Å²) >= 11 is 0. The summed E-state index contributed by atoms with van der Waals surface area (Å²) in [5.41, 5.74) is 2.89. The summed E-state index contributed by atoms with van der Waals surface area (Å²) in [5.74, 6) is -0.928. The summed E-state index contributed by atoms with van der Waals surface area (Å²) in [6.07, 6.45) is 2.40. The first-order valence-electron chi connectivity index (χ1n) is 7.13. The number of aromatic carboxylic acids is 1. The van der Waals surface area contributed by atoms with Crippen molar-refractivity contribution in [1.82, 2.24) is 4.98 Å². The minimum atomic E-state index is -0.928. The van der Waals surface area contributed by atoms with Gasteiger partial charge in [0.1, 0.15) is 0 Å². The van der Waals surface area contributed by atoms with Gasteiger partial charge in [0.05, 0.1) is 17.2 Å². The van der Waals surface area contributed by atoms with Crippen molar-refractivity contribution in [3.8, 4) is 0 Å². The zero-order chi connectivity index (χ0) is 14.8. The van der Waals surface area contributed by atoms with Gasteiger partial charge in [0.2, 0.25) is 0 Å². The van der Waals surface area contributed by atoms with E-state index in [2.05, 4.69) is 10.3 Å². The Kier molecular flexibility index (Phi) is 3.75. The number of fused-ring (bicyclic) bond motifs is 1. The number of rotatable bonds is 4. The lowest BCUT2D eigenvalue weighted by Gasteiger charge is -2.14. The summed E-state index contributed by atoms with van der Waals surface area (Å²) in [7, 11) is 0. The average Bonchev–Trinajstić information content (AvgIpc) is 2.97. The molecule has 1 fully saturated rings. The van der Waals surface area contributed by atoms with E-state index >= 15 is 0 Å². The number of benzene rings is 1. The summed E-state index contributed by atoms with van der Waals surface area (Å²) in [5, 5.41) is 13.3. The number of pyridine rings is 1. The Morgan fingerprint density at radius 1 is 1.48 bits per heavy atom. The van der Waals surface area contributed by atoms with Gasteiger partial charge in [-0.25, -0.2) is 4.79 Å². The van der Waals surface area contributed by atoms with Crippen LogP contribution in [-0.4, -0.2) is 35.3 Å². The average molecular weight is 286 g/mol. The molecule has 5 heteroatoms. The summed E-state index contributed by atoms with van der Waals surface area (Å²) in [4.78, 5) is 15.6. The zero-order valence-electron chi connectivity index (χ0n) is 11.9. The first kappa shape index (κ1) is 13.8. The Bertz CT molecular complexity index is 679. The van der Waals surface area contributed by atoms with E-state index in [4.69, 9.17) is 9.84 Å². The van der Waals surface area contributed by atoms with Gasteiger partial charge in [0.25, 0.3) is 0 Å². The number of ether oxygens (including phenoxy) is 1. The molecule has 2 heterocycles. The van der Waals surface area contributed by atoms with E-state index in [0.29, 0.717) is 0 Å². The van der Waals surface area contributed by atoms with Crippen LogP contribution in [0.15, 0.2) is 24.3 Å². The third kappa shape index (κ3) is 2.97. The van der Waals surface area contributed by atoms with Crippen LogP contribution in [0.5, 0.6) is 0 Å². The maximum atomic E-state index is 11.1. The number of anilines is 1. The molecule has 0 saturated carbocycles. The van der Waals surface area contributed by atoms with E-state index in [0.717, 1.165) is 48.3 Å². The molecule has 1 unspecified atom stereocenters. The third-order valence-corrected chi connectivity index (χ3v) is 3.73. The first-order valence-corrected chi connectivity index (χ1v) is 7.13. The number of nitrogens with one attached hydrogen (secondary N) is 1. The molecule has 1 aliphatic rings. The SMILES string of the molecule is Cc1cc(NCC2CCCO2)c2cc(C(=O)O)ccc2n1. The summed E-state index contributed by atoms with van der Waals surface area (Å²) < 4.78 is 5.61. The molecule has 0 radical (unpaired) electrons. The molecule has 5 nitrogen and oxygen atoms in total. The van der Waals surface area contributed by atoms with E-state index in [1.165, 1.54) is 0 Å². The fourth-order valence-electron chi connectivity index (χ4n) is 2.67. The second kappa shape index (κ2) is 5.69. The van der Waals surface area contributed by atoms with Gasteiger partial charge in [-0.3, -0.25) is 4.98 Å². The molecule has 1 atom stereocenters. The van der Waals surface area contributed by atoms with Crippen LogP contribution in [0.25, 0.3) is 10.9 Å². The van der Waals surface area contributed by atoms with Crippen molar-refractivity contribution >= 4 is 22.6 Å². The van der Waals surface area contributed by atoms with E-state index in [-0.39, 0.29) is 11.7 Å². The zero-order valence-corrected chi connectivity index (χ0v) is 11.9. The third-order valence-electron chi connectivity index (χ3n) is 3.73. The quantitative estimate of drug-likeness (QED) is 0.904. The van der Waals surface area contributed by atoms with Crippen LogP contribution in [-0.2, 0) is 4.74 Å². The highest BCUT2D eigenvalue weighted by molar-refractivity contribution is 5.98. The van der Waals surface area contributed by atoms with Gasteiger partial charge in [-0.1, -0.05) is 0 Å². The van der Waals surface area contributed by atoms with E-state index in [9.17, 15) is 4.79 Å². The van der Waals surface area contributed by atoms with Crippen LogP contribution in [0, 0.1) is 6.92 Å². The van der Waals surface area contributed by atoms with Gasteiger partial charge in [0.15, 0.2) is 0 Å². The number of nitrogens with zero attached hydrogens (tertiary/aromatic N) is 1. The molecule has 3 rings (SSSR count). The van der Waals surface area contributed by atoms with Gasteiger partial charge < -0.3 is 15.2 Å². The smallest absolute Gasteiger partial charge is 0.335 e. The molecule has 1 aromatic heterocycles. The van der Waals surface area contributed by atoms with Crippen molar-refractivity contribution in [1.29, 1.82) is 0 Å². The van der Waals surface area contributed by atoms with Gasteiger partial charge in [-0.05, 0) is 44.0 Å².